The van der Waals surface area contributed by atoms with E-state index in [1.54, 1.807) is 0 Å². The Morgan fingerprint density at radius 1 is 1.09 bits per heavy atom. The van der Waals surface area contributed by atoms with Gasteiger partial charge in [0.25, 0.3) is 0 Å². The van der Waals surface area contributed by atoms with E-state index in [2.05, 4.69) is 25.8 Å². The van der Waals surface area contributed by atoms with Crippen molar-refractivity contribution in [2.45, 2.75) is 45.6 Å². The molecule has 0 aliphatic carbocycles. The summed E-state index contributed by atoms with van der Waals surface area (Å²) in [6.45, 7) is 8.57. The molecule has 0 aromatic heterocycles. The van der Waals surface area contributed by atoms with Gasteiger partial charge in [0.2, 0.25) is 0 Å². The highest BCUT2D eigenvalue weighted by molar-refractivity contribution is 4.70. The van der Waals surface area contributed by atoms with E-state index in [1.807, 2.05) is 0 Å². The van der Waals surface area contributed by atoms with Gasteiger partial charge in [-0.25, -0.2) is 0 Å². The molecule has 0 aromatic carbocycles. The van der Waals surface area contributed by atoms with Crippen LogP contribution in [0.15, 0.2) is 0 Å². The number of hydroxylamine groups is 2. The number of nitrogens with zero attached hydrogens (tertiary/aromatic N) is 1. The molecule has 2 nitrogen and oxygen atoms in total. The molecule has 0 atom stereocenters. The average Bonchev–Trinajstić information content (AvgIpc) is 2.10. The molecule has 0 bridgehead atoms. The number of hydrogen-bond donors (Lipinski definition) is 0. The quantitative estimate of drug-likeness (QED) is 0.534. The zero-order valence-electron chi connectivity index (χ0n) is 7.89. The molecule has 0 unspecified atom stereocenters. The van der Waals surface area contributed by atoms with Crippen molar-refractivity contribution in [1.29, 1.82) is 0 Å². The largest absolute Gasteiger partial charge is 0.298 e. The third-order valence-electron chi connectivity index (χ3n) is 2.00. The Kier molecular flexibility index (Phi) is 2.90. The minimum absolute atomic E-state index is 0.171. The Labute approximate surface area is 69.5 Å². The van der Waals surface area contributed by atoms with E-state index < -0.39 is 0 Å². The molecule has 0 amide bonds. The summed E-state index contributed by atoms with van der Waals surface area (Å²) in [5, 5.41) is 2.11. The summed E-state index contributed by atoms with van der Waals surface area (Å²) in [6.07, 6.45) is 3.80. The van der Waals surface area contributed by atoms with Crippen LogP contribution in [0.2, 0.25) is 0 Å². The molecule has 1 fully saturated rings. The molecule has 2 heteroatoms. The van der Waals surface area contributed by atoms with E-state index in [4.69, 9.17) is 4.84 Å². The molecule has 1 aliphatic rings. The molecule has 1 heterocycles. The zero-order valence-corrected chi connectivity index (χ0v) is 7.89. The molecule has 0 radical (unpaired) electrons. The molecular formula is C9H19NO. The molecule has 66 valence electrons. The maximum absolute atomic E-state index is 5.60. The lowest BCUT2D eigenvalue weighted by molar-refractivity contribution is -0.203. The second kappa shape index (κ2) is 3.55. The third kappa shape index (κ3) is 2.80. The summed E-state index contributed by atoms with van der Waals surface area (Å²) in [6, 6.07) is 0. The van der Waals surface area contributed by atoms with Gasteiger partial charge in [0.1, 0.15) is 0 Å². The van der Waals surface area contributed by atoms with Crippen LogP contribution in [0, 0.1) is 0 Å². The summed E-state index contributed by atoms with van der Waals surface area (Å²) in [7, 11) is 0. The van der Waals surface area contributed by atoms with Gasteiger partial charge in [-0.1, -0.05) is 0 Å². The molecule has 0 spiro atoms. The van der Waals surface area contributed by atoms with Crippen LogP contribution < -0.4 is 0 Å². The SMILES string of the molecule is CC(C)(C)N1CCCCCO1. The average molecular weight is 157 g/mol. The summed E-state index contributed by atoms with van der Waals surface area (Å²) >= 11 is 0. The maximum atomic E-state index is 5.60. The molecular weight excluding hydrogens is 138 g/mol. The minimum Gasteiger partial charge on any atom is -0.298 e. The van der Waals surface area contributed by atoms with Gasteiger partial charge in [-0.2, -0.15) is 5.06 Å². The fourth-order valence-electron chi connectivity index (χ4n) is 1.30. The van der Waals surface area contributed by atoms with E-state index in [1.165, 1.54) is 19.3 Å². The van der Waals surface area contributed by atoms with Crippen LogP contribution in [-0.4, -0.2) is 23.8 Å². The highest BCUT2D eigenvalue weighted by atomic mass is 16.7. The van der Waals surface area contributed by atoms with Crippen molar-refractivity contribution >= 4 is 0 Å². The number of hydrogen-bond acceptors (Lipinski definition) is 2. The number of rotatable bonds is 0. The first kappa shape index (κ1) is 9.01. The van der Waals surface area contributed by atoms with Crippen LogP contribution in [-0.2, 0) is 4.84 Å². The lowest BCUT2D eigenvalue weighted by Gasteiger charge is -2.32. The van der Waals surface area contributed by atoms with E-state index in [0.29, 0.717) is 0 Å². The van der Waals surface area contributed by atoms with Gasteiger partial charge >= 0.3 is 0 Å². The summed E-state index contributed by atoms with van der Waals surface area (Å²) < 4.78 is 0. The van der Waals surface area contributed by atoms with Crippen LogP contribution in [0.4, 0.5) is 0 Å². The first-order valence-electron chi connectivity index (χ1n) is 4.51. The fraction of sp³-hybridized carbons (Fsp3) is 1.00. The Hall–Kier alpha value is -0.0800. The standard InChI is InChI=1S/C9H19NO/c1-9(2,3)10-7-5-4-6-8-11-10/h4-8H2,1-3H3. The predicted octanol–water partition coefficient (Wildman–Crippen LogP) is 2.20. The van der Waals surface area contributed by atoms with Crippen molar-refractivity contribution < 1.29 is 4.84 Å². The minimum atomic E-state index is 0.171. The fourth-order valence-corrected chi connectivity index (χ4v) is 1.30. The van der Waals surface area contributed by atoms with Gasteiger partial charge in [-0.05, 0) is 40.0 Å². The van der Waals surface area contributed by atoms with Crippen molar-refractivity contribution in [1.82, 2.24) is 5.06 Å². The van der Waals surface area contributed by atoms with Gasteiger partial charge in [-0.15, -0.1) is 0 Å². The molecule has 0 aromatic rings. The monoisotopic (exact) mass is 157 g/mol. The van der Waals surface area contributed by atoms with Crippen LogP contribution in [0.1, 0.15) is 40.0 Å². The Morgan fingerprint density at radius 2 is 1.82 bits per heavy atom. The Balaban J connectivity index is 2.43. The molecule has 11 heavy (non-hydrogen) atoms. The topological polar surface area (TPSA) is 12.5 Å². The molecule has 0 N–H and O–H groups in total. The van der Waals surface area contributed by atoms with Crippen LogP contribution >= 0.6 is 0 Å². The second-order valence-electron chi connectivity index (χ2n) is 4.17. The molecule has 1 aliphatic heterocycles. The van der Waals surface area contributed by atoms with Gasteiger partial charge in [-0.3, -0.25) is 4.84 Å². The van der Waals surface area contributed by atoms with Crippen molar-refractivity contribution in [3.05, 3.63) is 0 Å². The van der Waals surface area contributed by atoms with Crippen molar-refractivity contribution in [3.8, 4) is 0 Å². The summed E-state index contributed by atoms with van der Waals surface area (Å²) in [5.41, 5.74) is 0.171. The van der Waals surface area contributed by atoms with Gasteiger partial charge in [0.05, 0.1) is 6.61 Å². The van der Waals surface area contributed by atoms with Gasteiger partial charge < -0.3 is 0 Å². The summed E-state index contributed by atoms with van der Waals surface area (Å²) in [5.74, 6) is 0. The predicted molar refractivity (Wildman–Crippen MR) is 46.3 cm³/mol. The molecule has 0 saturated carbocycles. The van der Waals surface area contributed by atoms with Crippen LogP contribution in [0.3, 0.4) is 0 Å². The normalized spacial score (nSPS) is 23.2. The van der Waals surface area contributed by atoms with Crippen LogP contribution in [0.5, 0.6) is 0 Å². The van der Waals surface area contributed by atoms with Crippen molar-refractivity contribution in [2.24, 2.45) is 0 Å². The van der Waals surface area contributed by atoms with E-state index in [-0.39, 0.29) is 5.54 Å². The Morgan fingerprint density at radius 3 is 2.45 bits per heavy atom. The Bertz CT molecular complexity index is 109. The van der Waals surface area contributed by atoms with Crippen molar-refractivity contribution in [2.75, 3.05) is 13.2 Å². The molecule has 1 rings (SSSR count). The zero-order chi connectivity index (χ0) is 8.32. The first-order valence-corrected chi connectivity index (χ1v) is 4.51. The third-order valence-corrected chi connectivity index (χ3v) is 2.00. The van der Waals surface area contributed by atoms with Gasteiger partial charge in [0, 0.05) is 12.1 Å². The molecule has 1 saturated heterocycles. The van der Waals surface area contributed by atoms with Crippen molar-refractivity contribution in [3.63, 3.8) is 0 Å². The second-order valence-corrected chi connectivity index (χ2v) is 4.17. The first-order chi connectivity index (χ1) is 5.11. The van der Waals surface area contributed by atoms with Gasteiger partial charge in [0.15, 0.2) is 0 Å². The van der Waals surface area contributed by atoms with E-state index in [9.17, 15) is 0 Å². The highest BCUT2D eigenvalue weighted by Crippen LogP contribution is 2.17. The lowest BCUT2D eigenvalue weighted by atomic mass is 10.1. The van der Waals surface area contributed by atoms with E-state index in [0.717, 1.165) is 13.2 Å². The van der Waals surface area contributed by atoms with Crippen LogP contribution in [0.25, 0.3) is 0 Å². The maximum Gasteiger partial charge on any atom is 0.0685 e. The summed E-state index contributed by atoms with van der Waals surface area (Å²) in [4.78, 5) is 5.60. The highest BCUT2D eigenvalue weighted by Gasteiger charge is 2.22. The van der Waals surface area contributed by atoms with E-state index >= 15 is 0 Å². The smallest absolute Gasteiger partial charge is 0.0685 e. The lowest BCUT2D eigenvalue weighted by Crippen LogP contribution is -2.41.